The highest BCUT2D eigenvalue weighted by atomic mass is 19.4. The molecule has 4 heterocycles. The number of rotatable bonds is 22. The normalized spacial score (nSPS) is 15.0. The molecule has 13 aromatic rings. The summed E-state index contributed by atoms with van der Waals surface area (Å²) in [6.07, 6.45) is -21.8. The van der Waals surface area contributed by atoms with E-state index in [1.54, 1.807) is 82.3 Å². The van der Waals surface area contributed by atoms with Gasteiger partial charge >= 0.3 is 62.9 Å². The topological polar surface area (TPSA) is 71.5 Å². The maximum Gasteiger partial charge on any atom is 0.598 e. The van der Waals surface area contributed by atoms with Crippen molar-refractivity contribution in [3.8, 4) is 44.5 Å². The van der Waals surface area contributed by atoms with Gasteiger partial charge in [-0.3, -0.25) is 9.98 Å². The van der Waals surface area contributed by atoms with E-state index in [9.17, 15) is 70.2 Å². The van der Waals surface area contributed by atoms with Gasteiger partial charge in [-0.25, -0.2) is 0 Å². The molecule has 0 spiro atoms. The molecule has 30 heteroatoms. The molecule has 2 aliphatic rings. The Morgan fingerprint density at radius 1 is 0.303 bits per heavy atom. The maximum atomic E-state index is 15.1. The van der Waals surface area contributed by atoms with Crippen molar-refractivity contribution >= 4 is 102 Å². The molecule has 0 N–H and O–H groups in total. The summed E-state index contributed by atoms with van der Waals surface area (Å²) in [6.45, 7) is 1.91. The Kier molecular flexibility index (Phi) is 22.0. The monoisotopic (exact) mass is 1690 g/mol. The fraction of sp³-hybridized carbons (Fsp3) is 0.217. The van der Waals surface area contributed by atoms with Crippen molar-refractivity contribution in [2.45, 2.75) is 104 Å². The van der Waals surface area contributed by atoms with E-state index in [0.29, 0.717) is 93.8 Å². The van der Waals surface area contributed by atoms with Crippen molar-refractivity contribution in [1.29, 1.82) is 0 Å². The van der Waals surface area contributed by atoms with Crippen LogP contribution in [0.5, 0.6) is 0 Å². The van der Waals surface area contributed by atoms with Crippen LogP contribution in [-0.2, 0) is 18.6 Å². The van der Waals surface area contributed by atoms with Crippen LogP contribution in [0.2, 0.25) is 0 Å². The summed E-state index contributed by atoms with van der Waals surface area (Å²) in [4.78, 5) is 9.77. The van der Waals surface area contributed by atoms with Crippen LogP contribution in [0.4, 0.5) is 87.8 Å². The van der Waals surface area contributed by atoms with Gasteiger partial charge in [0.25, 0.3) is 0 Å². The van der Waals surface area contributed by atoms with Crippen molar-refractivity contribution in [3.63, 3.8) is 0 Å². The minimum atomic E-state index is -6.30. The van der Waals surface area contributed by atoms with Gasteiger partial charge in [0.2, 0.25) is 0 Å². The number of hydrogen-bond acceptors (Lipinski definition) is 6. The molecule has 11 aromatic carbocycles. The summed E-state index contributed by atoms with van der Waals surface area (Å²) < 4.78 is 309. The molecule has 2 aromatic heterocycles. The molecule has 122 heavy (non-hydrogen) atoms. The SMILES string of the molecule is CC1=CC(C)=N/C1=C(/c1ccc(-c2c3ccccc3c(-c3ccc4ccccc4c3)c3ccc(-c4ccc5c(/C(=C6/N=C(C)C=C6C)c6c(C)cc(C)n6B(OCC(F)(F)C(F)(F)F)OCC(F)(F)C(F)(F)F)c6ccccc6c(-c6ccc7ccccc7c6)c5c4)cc23)cc1)c1c(C)cc(C)n1B(OCC(F)(F)C(F)(F)F)OCC(F)(F)C(F)(F)F. The molecule has 0 aliphatic carbocycles. The number of aromatic nitrogens is 2. The van der Waals surface area contributed by atoms with Gasteiger partial charge in [-0.1, -0.05) is 170 Å². The lowest BCUT2D eigenvalue weighted by Crippen LogP contribution is -2.48. The second-order valence-electron chi connectivity index (χ2n) is 30.5. The van der Waals surface area contributed by atoms with Crippen LogP contribution in [-0.4, -0.2) is 110 Å². The molecule has 15 rings (SSSR count). The molecule has 626 valence electrons. The fourth-order valence-corrected chi connectivity index (χ4v) is 16.2. The first-order valence-electron chi connectivity index (χ1n) is 38.0. The van der Waals surface area contributed by atoms with Crippen molar-refractivity contribution in [2.75, 3.05) is 26.4 Å². The molecule has 8 nitrogen and oxygen atoms in total. The predicted molar refractivity (Wildman–Crippen MR) is 437 cm³/mol. The number of allylic oxidation sites excluding steroid dienone is 4. The molecule has 2 aliphatic heterocycles. The van der Waals surface area contributed by atoms with Crippen LogP contribution < -0.4 is 0 Å². The lowest BCUT2D eigenvalue weighted by molar-refractivity contribution is -0.296. The molecule has 0 unspecified atom stereocenters. The van der Waals surface area contributed by atoms with Gasteiger partial charge in [0.05, 0.1) is 11.4 Å². The van der Waals surface area contributed by atoms with E-state index in [0.717, 1.165) is 52.4 Å². The number of hydrogen-bond donors (Lipinski definition) is 0. The average molecular weight is 1700 g/mol. The van der Waals surface area contributed by atoms with Crippen molar-refractivity contribution in [1.82, 2.24) is 8.96 Å². The Labute approximate surface area is 684 Å². The van der Waals surface area contributed by atoms with Gasteiger partial charge in [0.15, 0.2) is 0 Å². The first-order chi connectivity index (χ1) is 57.3. The van der Waals surface area contributed by atoms with E-state index >= 15 is 17.6 Å². The summed E-state index contributed by atoms with van der Waals surface area (Å²) in [7, 11) is -5.62. The maximum absolute atomic E-state index is 15.1. The lowest BCUT2D eigenvalue weighted by atomic mass is 9.81. The highest BCUT2D eigenvalue weighted by Crippen LogP contribution is 2.52. The number of nitrogens with zero attached hydrogens (tertiary/aromatic N) is 4. The van der Waals surface area contributed by atoms with E-state index in [1.165, 1.54) is 39.8 Å². The second kappa shape index (κ2) is 31.4. The van der Waals surface area contributed by atoms with Crippen molar-refractivity contribution in [2.24, 2.45) is 9.98 Å². The van der Waals surface area contributed by atoms with Crippen LogP contribution in [0.15, 0.2) is 251 Å². The average Bonchev–Trinajstić information content (AvgIpc) is 1.26. The van der Waals surface area contributed by atoms with E-state index in [-0.39, 0.29) is 62.0 Å². The summed E-state index contributed by atoms with van der Waals surface area (Å²) in [5.41, 5.74) is 8.19. The summed E-state index contributed by atoms with van der Waals surface area (Å²) in [5.74, 6) is -22.7. The molecule has 0 amide bonds. The van der Waals surface area contributed by atoms with Gasteiger partial charge in [0.1, 0.15) is 26.4 Å². The standard InChI is InChI=1S/C92H68B2F20N4O4/c1-49-37-53(5)115-81(49)78(83-51(3)39-55(7)117(83)93(119-45-85(95,96)89(103,104)105)120-46-86(97,98)90(106,107)108)60-29-27-59(28-30-60)75-67-21-13-14-22-68(67)76(65-31-25-57-17-9-11-19-61(57)41-65)71-35-33-63(43-73(71)75)64-34-36-72-74(44-64)77(66-32-26-58-18-10-12-20-62(58)42-66)69-23-15-16-24-70(69)79(72)80(82-50(2)38-54(6)116-82)84-52(4)40-56(8)118(84)94(121-47-87(99,100)91(109,110)111)122-48-88(101,102)92(112,113)114/h9-44H,45-48H2,1-8H3/b81-78-,82-80-. The minimum Gasteiger partial charge on any atom is -0.385 e. The first kappa shape index (κ1) is 85.4. The van der Waals surface area contributed by atoms with E-state index < -0.39 is 89.3 Å². The number of aryl methyl sites for hydroxylation is 4. The van der Waals surface area contributed by atoms with Crippen LogP contribution in [0, 0.1) is 27.7 Å². The van der Waals surface area contributed by atoms with Gasteiger partial charge in [-0.15, -0.1) is 0 Å². The Morgan fingerprint density at radius 2 is 0.607 bits per heavy atom. The third-order valence-electron chi connectivity index (χ3n) is 21.8. The smallest absolute Gasteiger partial charge is 0.385 e. The van der Waals surface area contributed by atoms with E-state index in [2.05, 4.69) is 6.07 Å². The number of fused-ring (bicyclic) bond motifs is 6. The van der Waals surface area contributed by atoms with Crippen molar-refractivity contribution in [3.05, 3.63) is 286 Å². The lowest BCUT2D eigenvalue weighted by Gasteiger charge is -2.28. The number of alkyl halides is 20. The van der Waals surface area contributed by atoms with Gasteiger partial charge in [-0.2, -0.15) is 87.8 Å². The number of halogens is 20. The van der Waals surface area contributed by atoms with Crippen molar-refractivity contribution < 1.29 is 106 Å². The van der Waals surface area contributed by atoms with Crippen LogP contribution >= 0.6 is 0 Å². The molecule has 0 bridgehead atoms. The zero-order valence-electron chi connectivity index (χ0n) is 65.7. The highest BCUT2D eigenvalue weighted by molar-refractivity contribution is 6.44. The van der Waals surface area contributed by atoms with Crippen LogP contribution in [0.25, 0.3) is 120 Å². The molecule has 0 fully saturated rings. The third-order valence-corrected chi connectivity index (χ3v) is 21.8. The quantitative estimate of drug-likeness (QED) is 0.0385. The Morgan fingerprint density at radius 3 is 1.00 bits per heavy atom. The molecular formula is C92H68B2F20N4O4. The van der Waals surface area contributed by atoms with E-state index in [1.807, 2.05) is 146 Å². The Balaban J connectivity index is 0.977. The minimum absolute atomic E-state index is 0.0908. The zero-order valence-corrected chi connectivity index (χ0v) is 65.7. The molecule has 0 radical (unpaired) electrons. The zero-order chi connectivity index (χ0) is 87.6. The van der Waals surface area contributed by atoms with Crippen LogP contribution in [0.1, 0.15) is 72.7 Å². The Hall–Kier alpha value is -11.6. The van der Waals surface area contributed by atoms with Gasteiger partial charge < -0.3 is 27.6 Å². The van der Waals surface area contributed by atoms with E-state index in [4.69, 9.17) is 28.6 Å². The largest absolute Gasteiger partial charge is 0.598 e. The highest BCUT2D eigenvalue weighted by Gasteiger charge is 2.62. The number of aliphatic imine (C=N–C) groups is 2. The molecule has 0 saturated carbocycles. The third kappa shape index (κ3) is 15.7. The number of benzene rings is 11. The molecular weight excluding hydrogens is 1630 g/mol. The van der Waals surface area contributed by atoms with Gasteiger partial charge in [0, 0.05) is 50.9 Å². The fourth-order valence-electron chi connectivity index (χ4n) is 16.2. The predicted octanol–water partition coefficient (Wildman–Crippen LogP) is 27.0. The second-order valence-corrected chi connectivity index (χ2v) is 30.5. The summed E-state index contributed by atoms with van der Waals surface area (Å²) >= 11 is 0. The summed E-state index contributed by atoms with van der Waals surface area (Å²) in [5, 5.41) is 8.44. The molecule has 0 saturated heterocycles. The van der Waals surface area contributed by atoms with Gasteiger partial charge in [-0.05, 0) is 241 Å². The first-order valence-corrected chi connectivity index (χ1v) is 38.0. The van der Waals surface area contributed by atoms with Crippen LogP contribution in [0.3, 0.4) is 0 Å². The summed E-state index contributed by atoms with van der Waals surface area (Å²) in [6, 6.07) is 63.2. The molecule has 0 atom stereocenters. The Bertz CT molecular complexity index is 6540.